The number of carbonyl (C=O) groups is 5. The number of fused-ring (bicyclic) bond motifs is 1. The Morgan fingerprint density at radius 2 is 1.73 bits per heavy atom. The second-order valence-corrected chi connectivity index (χ2v) is 12.5. The van der Waals surface area contributed by atoms with Gasteiger partial charge in [-0.2, -0.15) is 0 Å². The zero-order chi connectivity index (χ0) is 35.9. The SMILES string of the molecule is Nc1nnc(-c2ccccc2O)cc1N1CCC(C(=O)NCCOCCOCC(=O)Nc2cccc3c2CN(C2CCC(=O)NC2=O)C3=O)CC1. The number of piperidine rings is 2. The highest BCUT2D eigenvalue weighted by Gasteiger charge is 2.40. The molecule has 2 aromatic carbocycles. The van der Waals surface area contributed by atoms with Crippen molar-refractivity contribution in [2.24, 2.45) is 5.92 Å². The maximum Gasteiger partial charge on any atom is 0.255 e. The number of amides is 5. The molecule has 6 rings (SSSR count). The van der Waals surface area contributed by atoms with Crippen LogP contribution in [0.5, 0.6) is 5.75 Å². The molecule has 3 aliphatic heterocycles. The highest BCUT2D eigenvalue weighted by atomic mass is 16.5. The lowest BCUT2D eigenvalue weighted by atomic mass is 9.95. The number of para-hydroxylation sites is 1. The van der Waals surface area contributed by atoms with Gasteiger partial charge in [-0.3, -0.25) is 29.3 Å². The Kier molecular flexibility index (Phi) is 11.0. The summed E-state index contributed by atoms with van der Waals surface area (Å²) in [5.74, 6) is -1.39. The molecule has 0 aliphatic carbocycles. The molecular formula is C35H40N8O8. The number of rotatable bonds is 13. The van der Waals surface area contributed by atoms with E-state index in [0.29, 0.717) is 66.2 Å². The van der Waals surface area contributed by atoms with Gasteiger partial charge in [0.1, 0.15) is 18.4 Å². The second-order valence-electron chi connectivity index (χ2n) is 12.5. The number of nitrogens with two attached hydrogens (primary N) is 1. The van der Waals surface area contributed by atoms with Gasteiger partial charge in [0.25, 0.3) is 5.91 Å². The molecule has 1 atom stereocenters. The van der Waals surface area contributed by atoms with Gasteiger partial charge in [-0.05, 0) is 49.6 Å². The fourth-order valence-electron chi connectivity index (χ4n) is 6.51. The Morgan fingerprint density at radius 3 is 2.51 bits per heavy atom. The summed E-state index contributed by atoms with van der Waals surface area (Å²) in [5.41, 5.74) is 9.38. The number of anilines is 3. The maximum absolute atomic E-state index is 13.0. The van der Waals surface area contributed by atoms with Crippen molar-refractivity contribution in [1.29, 1.82) is 0 Å². The Bertz CT molecular complexity index is 1810. The molecule has 16 nitrogen and oxygen atoms in total. The van der Waals surface area contributed by atoms with Crippen molar-refractivity contribution < 1.29 is 38.6 Å². The van der Waals surface area contributed by atoms with Crippen LogP contribution < -0.4 is 26.6 Å². The lowest BCUT2D eigenvalue weighted by Crippen LogP contribution is -2.52. The highest BCUT2D eigenvalue weighted by molar-refractivity contribution is 6.06. The normalized spacial score (nSPS) is 17.6. The zero-order valence-electron chi connectivity index (χ0n) is 27.9. The topological polar surface area (TPSA) is 218 Å². The monoisotopic (exact) mass is 700 g/mol. The summed E-state index contributed by atoms with van der Waals surface area (Å²) in [6.07, 6.45) is 1.68. The number of aromatic nitrogens is 2. The van der Waals surface area contributed by atoms with Crippen molar-refractivity contribution in [1.82, 2.24) is 25.7 Å². The number of hydrogen-bond acceptors (Lipinski definition) is 12. The number of imide groups is 1. The predicted molar refractivity (Wildman–Crippen MR) is 184 cm³/mol. The van der Waals surface area contributed by atoms with E-state index in [9.17, 15) is 29.1 Å². The third-order valence-electron chi connectivity index (χ3n) is 9.19. The molecule has 16 heteroatoms. The summed E-state index contributed by atoms with van der Waals surface area (Å²) in [5, 5.41) is 26.4. The predicted octanol–water partition coefficient (Wildman–Crippen LogP) is 1.20. The van der Waals surface area contributed by atoms with Gasteiger partial charge >= 0.3 is 0 Å². The molecule has 51 heavy (non-hydrogen) atoms. The van der Waals surface area contributed by atoms with Gasteiger partial charge in [-0.25, -0.2) is 0 Å². The minimum Gasteiger partial charge on any atom is -0.507 e. The van der Waals surface area contributed by atoms with Crippen LogP contribution in [-0.2, 0) is 35.2 Å². The van der Waals surface area contributed by atoms with Crippen molar-refractivity contribution in [3.05, 3.63) is 59.7 Å². The van der Waals surface area contributed by atoms with Crippen LogP contribution in [0.15, 0.2) is 48.5 Å². The summed E-state index contributed by atoms with van der Waals surface area (Å²) < 4.78 is 11.0. The van der Waals surface area contributed by atoms with Crippen molar-refractivity contribution in [3.63, 3.8) is 0 Å². The minimum atomic E-state index is -0.745. The van der Waals surface area contributed by atoms with Crippen LogP contribution >= 0.6 is 0 Å². The Hall–Kier alpha value is -5.61. The lowest BCUT2D eigenvalue weighted by molar-refractivity contribution is -0.137. The number of nitrogens with one attached hydrogen (secondary N) is 3. The van der Waals surface area contributed by atoms with Crippen LogP contribution in [0.25, 0.3) is 11.3 Å². The van der Waals surface area contributed by atoms with Crippen LogP contribution in [0, 0.1) is 5.92 Å². The smallest absolute Gasteiger partial charge is 0.255 e. The third kappa shape index (κ3) is 8.24. The van der Waals surface area contributed by atoms with E-state index >= 15 is 0 Å². The number of nitrogens with zero attached hydrogens (tertiary/aromatic N) is 4. The number of carbonyl (C=O) groups excluding carboxylic acids is 5. The van der Waals surface area contributed by atoms with Gasteiger partial charge in [0.15, 0.2) is 5.82 Å². The summed E-state index contributed by atoms with van der Waals surface area (Å²) in [7, 11) is 0. The number of benzene rings is 2. The van der Waals surface area contributed by atoms with Crippen molar-refractivity contribution in [2.75, 3.05) is 62.0 Å². The van der Waals surface area contributed by atoms with Crippen LogP contribution in [0.4, 0.5) is 17.2 Å². The van der Waals surface area contributed by atoms with E-state index in [2.05, 4.69) is 31.0 Å². The first-order valence-electron chi connectivity index (χ1n) is 16.9. The van der Waals surface area contributed by atoms with Gasteiger partial charge in [-0.1, -0.05) is 18.2 Å². The van der Waals surface area contributed by atoms with E-state index < -0.39 is 17.9 Å². The highest BCUT2D eigenvalue weighted by Crippen LogP contribution is 2.34. The fraction of sp³-hybridized carbons (Fsp3) is 0.400. The maximum atomic E-state index is 13.0. The molecular weight excluding hydrogens is 660 g/mol. The molecule has 0 radical (unpaired) electrons. The Balaban J connectivity index is 0.855. The van der Waals surface area contributed by atoms with Crippen LogP contribution in [0.2, 0.25) is 0 Å². The number of aromatic hydroxyl groups is 1. The fourth-order valence-corrected chi connectivity index (χ4v) is 6.51. The molecule has 1 unspecified atom stereocenters. The molecule has 5 amide bonds. The molecule has 2 fully saturated rings. The number of nitrogen functional groups attached to an aromatic ring is 1. The first-order valence-corrected chi connectivity index (χ1v) is 16.9. The van der Waals surface area contributed by atoms with Gasteiger partial charge in [0.05, 0.1) is 31.2 Å². The van der Waals surface area contributed by atoms with Gasteiger partial charge in [0, 0.05) is 60.9 Å². The summed E-state index contributed by atoms with van der Waals surface area (Å²) >= 11 is 0. The summed E-state index contributed by atoms with van der Waals surface area (Å²) in [6.45, 7) is 2.13. The molecule has 268 valence electrons. The average Bonchev–Trinajstić information content (AvgIpc) is 3.46. The molecule has 6 N–H and O–H groups in total. The second kappa shape index (κ2) is 15.9. The van der Waals surface area contributed by atoms with E-state index in [1.54, 1.807) is 36.4 Å². The van der Waals surface area contributed by atoms with Crippen LogP contribution in [-0.4, -0.2) is 102 Å². The van der Waals surface area contributed by atoms with E-state index in [-0.39, 0.29) is 81.0 Å². The third-order valence-corrected chi connectivity index (χ3v) is 9.19. The van der Waals surface area contributed by atoms with Crippen molar-refractivity contribution in [3.8, 4) is 17.0 Å². The number of phenolic OH excluding ortho intramolecular Hbond substituents is 1. The van der Waals surface area contributed by atoms with Crippen molar-refractivity contribution in [2.45, 2.75) is 38.3 Å². The number of hydrogen-bond donors (Lipinski definition) is 5. The molecule has 0 bridgehead atoms. The van der Waals surface area contributed by atoms with Gasteiger partial charge in [-0.15, -0.1) is 10.2 Å². The lowest BCUT2D eigenvalue weighted by Gasteiger charge is -2.33. The first kappa shape index (κ1) is 35.2. The van der Waals surface area contributed by atoms with E-state index in [0.717, 1.165) is 0 Å². The van der Waals surface area contributed by atoms with Crippen LogP contribution in [0.1, 0.15) is 41.6 Å². The van der Waals surface area contributed by atoms with Crippen molar-refractivity contribution >= 4 is 46.7 Å². The Morgan fingerprint density at radius 1 is 0.961 bits per heavy atom. The van der Waals surface area contributed by atoms with Gasteiger partial charge in [0.2, 0.25) is 23.6 Å². The molecule has 3 aliphatic rings. The first-order chi connectivity index (χ1) is 24.7. The van der Waals surface area contributed by atoms with Crippen LogP contribution in [0.3, 0.4) is 0 Å². The summed E-state index contributed by atoms with van der Waals surface area (Å²) in [6, 6.07) is 12.9. The van der Waals surface area contributed by atoms with E-state index in [1.165, 1.54) is 4.90 Å². The van der Waals surface area contributed by atoms with E-state index in [1.807, 2.05) is 12.1 Å². The minimum absolute atomic E-state index is 0.0452. The zero-order valence-corrected chi connectivity index (χ0v) is 27.9. The summed E-state index contributed by atoms with van der Waals surface area (Å²) in [4.78, 5) is 65.7. The average molecular weight is 701 g/mol. The molecule has 0 saturated carbocycles. The molecule has 0 spiro atoms. The molecule has 4 heterocycles. The quantitative estimate of drug-likeness (QED) is 0.126. The largest absolute Gasteiger partial charge is 0.507 e. The number of ether oxygens (including phenoxy) is 2. The molecule has 1 aromatic heterocycles. The van der Waals surface area contributed by atoms with E-state index in [4.69, 9.17) is 15.2 Å². The Labute approximate surface area is 293 Å². The number of phenols is 1. The standard InChI is InChI=1S/C35H40N8O8/c36-32-28(18-26(40-41-32)23-4-1-2-7-29(23)44)42-13-10-21(11-14-42)33(47)37-12-15-50-16-17-51-20-31(46)38-25-6-3-5-22-24(25)19-43(35(22)49)27-8-9-30(45)39-34(27)48/h1-7,18,21,27,44H,8-17,19-20H2,(H2,36,41)(H,37,47)(H,38,46)(H,39,45,48). The molecule has 2 saturated heterocycles. The van der Waals surface area contributed by atoms with Gasteiger partial charge < -0.3 is 40.7 Å². The molecule has 3 aromatic rings.